The Morgan fingerprint density at radius 1 is 1.26 bits per heavy atom. The topological polar surface area (TPSA) is 92.9 Å². The molecule has 1 aliphatic rings. The van der Waals surface area contributed by atoms with E-state index in [-0.39, 0.29) is 17.1 Å². The van der Waals surface area contributed by atoms with E-state index in [9.17, 15) is 13.6 Å². The van der Waals surface area contributed by atoms with Crippen LogP contribution in [0, 0.1) is 5.41 Å². The maximum atomic E-state index is 13.7. The molecular weight excluding hydrogens is 464 g/mol. The Morgan fingerprint density at radius 2 is 2.00 bits per heavy atom. The van der Waals surface area contributed by atoms with Crippen molar-refractivity contribution in [3.05, 3.63) is 82.0 Å². The summed E-state index contributed by atoms with van der Waals surface area (Å²) in [6.45, 7) is -0.163. The van der Waals surface area contributed by atoms with Crippen molar-refractivity contribution in [2.24, 2.45) is 0 Å². The fraction of sp³-hybridized carbons (Fsp3) is 0.167. The summed E-state index contributed by atoms with van der Waals surface area (Å²) in [6.07, 6.45) is 9.61. The summed E-state index contributed by atoms with van der Waals surface area (Å²) in [6, 6.07) is 6.39. The lowest BCUT2D eigenvalue weighted by Gasteiger charge is -2.16. The second-order valence-corrected chi connectivity index (χ2v) is 8.14. The van der Waals surface area contributed by atoms with Gasteiger partial charge >= 0.3 is 6.01 Å². The fourth-order valence-corrected chi connectivity index (χ4v) is 3.52. The summed E-state index contributed by atoms with van der Waals surface area (Å²) in [5, 5.41) is 11.9. The van der Waals surface area contributed by atoms with Gasteiger partial charge in [0.1, 0.15) is 0 Å². The van der Waals surface area contributed by atoms with E-state index in [2.05, 4.69) is 15.3 Å². The fourth-order valence-electron chi connectivity index (χ4n) is 3.39. The number of benzene rings is 1. The average Bonchev–Trinajstić information content (AvgIpc) is 2.79. The Hall–Kier alpha value is -3.85. The first kappa shape index (κ1) is 23.3. The van der Waals surface area contributed by atoms with E-state index in [1.165, 1.54) is 10.8 Å². The summed E-state index contributed by atoms with van der Waals surface area (Å²) in [7, 11) is 1.72. The van der Waals surface area contributed by atoms with Gasteiger partial charge in [0.25, 0.3) is 11.5 Å². The van der Waals surface area contributed by atoms with E-state index >= 15 is 0 Å². The lowest BCUT2D eigenvalue weighted by atomic mass is 10.0. The van der Waals surface area contributed by atoms with Crippen molar-refractivity contribution < 1.29 is 13.5 Å². The largest absolute Gasteiger partial charge is 0.457 e. The number of halogens is 3. The van der Waals surface area contributed by atoms with Crippen LogP contribution in [0.5, 0.6) is 6.01 Å². The molecule has 10 heteroatoms. The van der Waals surface area contributed by atoms with Gasteiger partial charge in [0.05, 0.1) is 16.8 Å². The number of rotatable bonds is 6. The highest BCUT2D eigenvalue weighted by Crippen LogP contribution is 2.28. The van der Waals surface area contributed by atoms with Crippen molar-refractivity contribution in [2.45, 2.75) is 12.8 Å². The lowest BCUT2D eigenvalue weighted by molar-refractivity contribution is -0.0255. The average molecular weight is 484 g/mol. The Labute approximate surface area is 198 Å². The van der Waals surface area contributed by atoms with Crippen LogP contribution in [-0.2, 0) is 0 Å². The first-order valence-electron chi connectivity index (χ1n) is 10.2. The van der Waals surface area contributed by atoms with Gasteiger partial charge in [-0.3, -0.25) is 9.36 Å². The third-order valence-electron chi connectivity index (χ3n) is 4.93. The summed E-state index contributed by atoms with van der Waals surface area (Å²) >= 11 is 6.03. The van der Waals surface area contributed by atoms with Gasteiger partial charge in [-0.05, 0) is 35.9 Å². The van der Waals surface area contributed by atoms with Crippen molar-refractivity contribution >= 4 is 33.9 Å². The van der Waals surface area contributed by atoms with Crippen molar-refractivity contribution in [3.8, 4) is 17.1 Å². The number of alkyl halides is 2. The van der Waals surface area contributed by atoms with E-state index < -0.39 is 18.1 Å². The molecule has 174 valence electrons. The molecular formula is C24H20ClF2N5O2. The zero-order chi connectivity index (χ0) is 24.5. The predicted octanol–water partition coefficient (Wildman–Crippen LogP) is 4.68. The molecule has 0 aliphatic heterocycles. The highest BCUT2D eigenvalue weighted by molar-refractivity contribution is 6.30. The van der Waals surface area contributed by atoms with E-state index in [1.807, 2.05) is 0 Å². The van der Waals surface area contributed by atoms with Crippen molar-refractivity contribution in [1.82, 2.24) is 19.9 Å². The maximum absolute atomic E-state index is 13.7. The number of pyridine rings is 1. The molecule has 2 N–H and O–H groups in total. The smallest absolute Gasteiger partial charge is 0.317 e. The van der Waals surface area contributed by atoms with Gasteiger partial charge in [-0.2, -0.15) is 4.98 Å². The maximum Gasteiger partial charge on any atom is 0.317 e. The highest BCUT2D eigenvalue weighted by atomic mass is 35.5. The molecule has 0 radical (unpaired) electrons. The molecule has 2 heterocycles. The number of allylic oxidation sites excluding steroid dienone is 5. The second-order valence-electron chi connectivity index (χ2n) is 7.71. The Bertz CT molecular complexity index is 1420. The number of hydrogen-bond acceptors (Lipinski definition) is 6. The zero-order valence-corrected chi connectivity index (χ0v) is 19.0. The standard InChI is InChI=1S/C24H20ClF2N5O2/c1-24(26,27)13-34-23-30-11-16-12-32(18-7-8-19(28)15(9-18)10-29-2)22(33)20(21(16)31-23)14-3-5-17(25)6-4-14/h3-12,28-29H,13H2,1-2H3/b15-10-,28-19?. The molecule has 7 nitrogen and oxygen atoms in total. The van der Waals surface area contributed by atoms with Crippen LogP contribution in [0.2, 0.25) is 5.02 Å². The zero-order valence-electron chi connectivity index (χ0n) is 18.3. The van der Waals surface area contributed by atoms with Crippen molar-refractivity contribution in [2.75, 3.05) is 13.7 Å². The van der Waals surface area contributed by atoms with Gasteiger partial charge in [0, 0.05) is 54.2 Å². The predicted molar refractivity (Wildman–Crippen MR) is 129 cm³/mol. The third-order valence-corrected chi connectivity index (χ3v) is 5.19. The number of hydrogen-bond donors (Lipinski definition) is 2. The third kappa shape index (κ3) is 4.89. The van der Waals surface area contributed by atoms with Crippen LogP contribution in [0.1, 0.15) is 6.92 Å². The van der Waals surface area contributed by atoms with E-state index in [0.29, 0.717) is 33.0 Å². The molecule has 0 saturated carbocycles. The van der Waals surface area contributed by atoms with Gasteiger partial charge in [-0.1, -0.05) is 23.7 Å². The Balaban J connectivity index is 1.94. The van der Waals surface area contributed by atoms with E-state index in [0.717, 1.165) is 6.92 Å². The van der Waals surface area contributed by atoms with E-state index in [1.54, 1.807) is 61.9 Å². The molecule has 2 aromatic heterocycles. The molecule has 0 fully saturated rings. The summed E-state index contributed by atoms with van der Waals surface area (Å²) in [5.41, 5.74) is 2.06. The first-order valence-corrected chi connectivity index (χ1v) is 10.6. The molecule has 34 heavy (non-hydrogen) atoms. The molecule has 1 aliphatic carbocycles. The number of ether oxygens (including phenoxy) is 1. The quantitative estimate of drug-likeness (QED) is 0.531. The molecule has 1 aromatic carbocycles. The lowest BCUT2D eigenvalue weighted by Crippen LogP contribution is -2.23. The minimum absolute atomic E-state index is 0.235. The summed E-state index contributed by atoms with van der Waals surface area (Å²) < 4.78 is 33.0. The van der Waals surface area contributed by atoms with Gasteiger partial charge in [-0.15, -0.1) is 0 Å². The molecule has 0 saturated heterocycles. The number of nitrogens with one attached hydrogen (secondary N) is 2. The SMILES string of the molecule is CN/C=C1/C=C(n2cc3cnc(OCC(C)(F)F)nc3c(-c3ccc(Cl)cc3)c2=O)C=CC1=N. The highest BCUT2D eigenvalue weighted by Gasteiger charge is 2.23. The van der Waals surface area contributed by atoms with Gasteiger partial charge in [0.15, 0.2) is 6.61 Å². The van der Waals surface area contributed by atoms with Gasteiger partial charge < -0.3 is 15.5 Å². The first-order chi connectivity index (χ1) is 16.2. The molecule has 0 spiro atoms. The minimum atomic E-state index is -3.06. The molecule has 0 unspecified atom stereocenters. The van der Waals surface area contributed by atoms with Gasteiger partial charge in [0.2, 0.25) is 0 Å². The minimum Gasteiger partial charge on any atom is -0.457 e. The number of aromatic nitrogens is 3. The van der Waals surface area contributed by atoms with Crippen molar-refractivity contribution in [1.29, 1.82) is 5.41 Å². The van der Waals surface area contributed by atoms with Crippen LogP contribution in [0.3, 0.4) is 0 Å². The Kier molecular flexibility index (Phi) is 6.30. The van der Waals surface area contributed by atoms with Crippen LogP contribution < -0.4 is 15.6 Å². The molecule has 0 amide bonds. The van der Waals surface area contributed by atoms with Crippen LogP contribution in [0.15, 0.2) is 71.5 Å². The number of nitrogens with zero attached hydrogens (tertiary/aromatic N) is 3. The normalized spacial score (nSPS) is 15.0. The van der Waals surface area contributed by atoms with Crippen LogP contribution in [0.25, 0.3) is 27.7 Å². The van der Waals surface area contributed by atoms with Crippen LogP contribution >= 0.6 is 11.6 Å². The molecule has 0 bridgehead atoms. The van der Waals surface area contributed by atoms with Crippen molar-refractivity contribution in [3.63, 3.8) is 0 Å². The second kappa shape index (κ2) is 9.18. The monoisotopic (exact) mass is 483 g/mol. The van der Waals surface area contributed by atoms with Crippen LogP contribution in [0.4, 0.5) is 8.78 Å². The Morgan fingerprint density at radius 3 is 2.68 bits per heavy atom. The van der Waals surface area contributed by atoms with Crippen LogP contribution in [-0.4, -0.2) is 39.8 Å². The molecule has 3 aromatic rings. The number of fused-ring (bicyclic) bond motifs is 1. The summed E-state index contributed by atoms with van der Waals surface area (Å²) in [5.74, 6) is -3.06. The molecule has 0 atom stereocenters. The van der Waals surface area contributed by atoms with Gasteiger partial charge in [-0.25, -0.2) is 13.8 Å². The summed E-state index contributed by atoms with van der Waals surface area (Å²) in [4.78, 5) is 22.0. The molecule has 4 rings (SSSR count). The van der Waals surface area contributed by atoms with E-state index in [4.69, 9.17) is 21.7 Å².